The van der Waals surface area contributed by atoms with Gasteiger partial charge in [-0.1, -0.05) is 17.7 Å². The highest BCUT2D eigenvalue weighted by Crippen LogP contribution is 2.20. The number of hydrogen-bond donors (Lipinski definition) is 2. The third kappa shape index (κ3) is 3.50. The highest BCUT2D eigenvalue weighted by atomic mass is 35.5. The molecule has 0 saturated carbocycles. The van der Waals surface area contributed by atoms with Gasteiger partial charge in [-0.25, -0.2) is 18.2 Å². The predicted octanol–water partition coefficient (Wildman–Crippen LogP) is 2.54. The van der Waals surface area contributed by atoms with Crippen LogP contribution in [0.3, 0.4) is 0 Å². The standard InChI is InChI=1S/C13H11ClN2O4S/c1-8-11(5-6-12(14)15-8)16-21(19,20)10-4-2-3-9(7-10)13(17)18/h2-7,16H,1H3,(H,17,18). The van der Waals surface area contributed by atoms with Gasteiger partial charge in [0.2, 0.25) is 0 Å². The van der Waals surface area contributed by atoms with Gasteiger partial charge in [-0.2, -0.15) is 0 Å². The SMILES string of the molecule is Cc1nc(Cl)ccc1NS(=O)(=O)c1cccc(C(=O)O)c1. The van der Waals surface area contributed by atoms with Crippen LogP contribution in [0.2, 0.25) is 5.15 Å². The average molecular weight is 327 g/mol. The number of benzene rings is 1. The third-order valence-electron chi connectivity index (χ3n) is 2.69. The molecule has 0 atom stereocenters. The number of pyridine rings is 1. The van der Waals surface area contributed by atoms with Crippen LogP contribution in [0.15, 0.2) is 41.3 Å². The van der Waals surface area contributed by atoms with E-state index in [1.165, 1.54) is 30.3 Å². The first kappa shape index (κ1) is 15.3. The molecule has 2 aromatic rings. The zero-order valence-corrected chi connectivity index (χ0v) is 12.4. The van der Waals surface area contributed by atoms with Gasteiger partial charge in [0.1, 0.15) is 5.15 Å². The quantitative estimate of drug-likeness (QED) is 0.842. The number of anilines is 1. The lowest BCUT2D eigenvalue weighted by Crippen LogP contribution is -2.14. The molecule has 110 valence electrons. The summed E-state index contributed by atoms with van der Waals surface area (Å²) in [5, 5.41) is 9.15. The molecule has 0 bridgehead atoms. The number of sulfonamides is 1. The maximum atomic E-state index is 12.2. The maximum absolute atomic E-state index is 12.2. The minimum Gasteiger partial charge on any atom is -0.478 e. The number of aromatic nitrogens is 1. The molecule has 1 aromatic heterocycles. The molecule has 0 aliphatic heterocycles. The molecular weight excluding hydrogens is 316 g/mol. The molecule has 8 heteroatoms. The lowest BCUT2D eigenvalue weighted by Gasteiger charge is -2.10. The Morgan fingerprint density at radius 3 is 2.62 bits per heavy atom. The summed E-state index contributed by atoms with van der Waals surface area (Å²) in [6.45, 7) is 1.61. The van der Waals surface area contributed by atoms with Crippen LogP contribution in [0.25, 0.3) is 0 Å². The van der Waals surface area contributed by atoms with Crippen molar-refractivity contribution in [2.45, 2.75) is 11.8 Å². The highest BCUT2D eigenvalue weighted by molar-refractivity contribution is 7.92. The summed E-state index contributed by atoms with van der Waals surface area (Å²) in [6, 6.07) is 8.03. The molecule has 0 aliphatic rings. The summed E-state index contributed by atoms with van der Waals surface area (Å²) in [5.74, 6) is -1.20. The van der Waals surface area contributed by atoms with E-state index in [4.69, 9.17) is 16.7 Å². The first-order valence-corrected chi connectivity index (χ1v) is 7.65. The van der Waals surface area contributed by atoms with Gasteiger partial charge in [-0.05, 0) is 37.3 Å². The fourth-order valence-electron chi connectivity index (χ4n) is 1.64. The van der Waals surface area contributed by atoms with Gasteiger partial charge in [0, 0.05) is 0 Å². The van der Waals surface area contributed by atoms with E-state index in [-0.39, 0.29) is 21.3 Å². The highest BCUT2D eigenvalue weighted by Gasteiger charge is 2.17. The molecule has 0 unspecified atom stereocenters. The lowest BCUT2D eigenvalue weighted by atomic mass is 10.2. The number of nitrogens with zero attached hydrogens (tertiary/aromatic N) is 1. The Kier molecular flexibility index (Phi) is 4.15. The van der Waals surface area contributed by atoms with Crippen molar-refractivity contribution in [2.24, 2.45) is 0 Å². The number of aromatic carboxylic acids is 1. The largest absolute Gasteiger partial charge is 0.478 e. The van der Waals surface area contributed by atoms with Crippen LogP contribution in [0.1, 0.15) is 16.1 Å². The van der Waals surface area contributed by atoms with Crippen molar-refractivity contribution in [3.05, 3.63) is 52.8 Å². The Hall–Kier alpha value is -2.12. The molecule has 0 spiro atoms. The zero-order valence-electron chi connectivity index (χ0n) is 10.9. The van der Waals surface area contributed by atoms with Crippen molar-refractivity contribution in [1.82, 2.24) is 4.98 Å². The predicted molar refractivity (Wildman–Crippen MR) is 78.2 cm³/mol. The summed E-state index contributed by atoms with van der Waals surface area (Å²) in [5.41, 5.74) is 0.587. The number of hydrogen-bond acceptors (Lipinski definition) is 4. The van der Waals surface area contributed by atoms with E-state index in [1.54, 1.807) is 6.92 Å². The van der Waals surface area contributed by atoms with Gasteiger partial charge < -0.3 is 5.11 Å². The molecule has 6 nitrogen and oxygen atoms in total. The van der Waals surface area contributed by atoms with Crippen LogP contribution < -0.4 is 4.72 Å². The van der Waals surface area contributed by atoms with Gasteiger partial charge in [-0.15, -0.1) is 0 Å². The first-order chi connectivity index (χ1) is 9.79. The molecule has 1 aromatic carbocycles. The Bertz CT molecular complexity index is 806. The van der Waals surface area contributed by atoms with E-state index >= 15 is 0 Å². The normalized spacial score (nSPS) is 11.1. The smallest absolute Gasteiger partial charge is 0.335 e. The molecule has 2 rings (SSSR count). The number of halogens is 1. The van der Waals surface area contributed by atoms with Gasteiger partial charge in [0.05, 0.1) is 21.8 Å². The first-order valence-electron chi connectivity index (χ1n) is 5.79. The van der Waals surface area contributed by atoms with Crippen molar-refractivity contribution >= 4 is 33.3 Å². The van der Waals surface area contributed by atoms with Crippen LogP contribution in [-0.2, 0) is 10.0 Å². The summed E-state index contributed by atoms with van der Waals surface area (Å²) in [4.78, 5) is 14.7. The number of carbonyl (C=O) groups is 1. The summed E-state index contributed by atoms with van der Waals surface area (Å²) in [6.07, 6.45) is 0. The lowest BCUT2D eigenvalue weighted by molar-refractivity contribution is 0.0696. The van der Waals surface area contributed by atoms with Crippen LogP contribution in [-0.4, -0.2) is 24.5 Å². The molecule has 21 heavy (non-hydrogen) atoms. The second kappa shape index (κ2) is 5.71. The summed E-state index contributed by atoms with van der Waals surface area (Å²) < 4.78 is 26.9. The van der Waals surface area contributed by atoms with Crippen molar-refractivity contribution in [1.29, 1.82) is 0 Å². The minimum absolute atomic E-state index is 0.108. The van der Waals surface area contributed by atoms with E-state index < -0.39 is 16.0 Å². The Morgan fingerprint density at radius 1 is 1.29 bits per heavy atom. The van der Waals surface area contributed by atoms with Gasteiger partial charge >= 0.3 is 5.97 Å². The molecule has 0 radical (unpaired) electrons. The average Bonchev–Trinajstić information content (AvgIpc) is 2.42. The van der Waals surface area contributed by atoms with Crippen molar-refractivity contribution < 1.29 is 18.3 Å². The number of aryl methyl sites for hydroxylation is 1. The van der Waals surface area contributed by atoms with E-state index in [1.807, 2.05) is 0 Å². The van der Waals surface area contributed by atoms with Gasteiger partial charge in [0.15, 0.2) is 0 Å². The van der Waals surface area contributed by atoms with Crippen LogP contribution in [0.5, 0.6) is 0 Å². The summed E-state index contributed by atoms with van der Waals surface area (Å²) >= 11 is 5.71. The van der Waals surface area contributed by atoms with Crippen LogP contribution in [0, 0.1) is 6.92 Å². The number of nitrogens with one attached hydrogen (secondary N) is 1. The second-order valence-corrected chi connectivity index (χ2v) is 6.28. The molecule has 0 fully saturated rings. The number of rotatable bonds is 4. The molecule has 1 heterocycles. The Morgan fingerprint density at radius 2 is 2.00 bits per heavy atom. The second-order valence-electron chi connectivity index (χ2n) is 4.21. The fraction of sp³-hybridized carbons (Fsp3) is 0.0769. The number of carboxylic acids is 1. The van der Waals surface area contributed by atoms with E-state index in [9.17, 15) is 13.2 Å². The molecular formula is C13H11ClN2O4S. The monoisotopic (exact) mass is 326 g/mol. The molecule has 0 aliphatic carbocycles. The van der Waals surface area contributed by atoms with Gasteiger partial charge in [0.25, 0.3) is 10.0 Å². The van der Waals surface area contributed by atoms with Gasteiger partial charge in [-0.3, -0.25) is 4.72 Å². The third-order valence-corrected chi connectivity index (χ3v) is 4.26. The Balaban J connectivity index is 2.38. The molecule has 0 amide bonds. The van der Waals surface area contributed by atoms with Crippen molar-refractivity contribution in [2.75, 3.05) is 4.72 Å². The van der Waals surface area contributed by atoms with Crippen LogP contribution in [0.4, 0.5) is 5.69 Å². The van der Waals surface area contributed by atoms with E-state index in [0.717, 1.165) is 6.07 Å². The molecule has 0 saturated heterocycles. The van der Waals surface area contributed by atoms with E-state index in [2.05, 4.69) is 9.71 Å². The van der Waals surface area contributed by atoms with Crippen LogP contribution >= 0.6 is 11.6 Å². The zero-order chi connectivity index (χ0) is 15.6. The van der Waals surface area contributed by atoms with Crippen molar-refractivity contribution in [3.63, 3.8) is 0 Å². The van der Waals surface area contributed by atoms with E-state index in [0.29, 0.717) is 5.69 Å². The maximum Gasteiger partial charge on any atom is 0.335 e. The fourth-order valence-corrected chi connectivity index (χ4v) is 2.99. The minimum atomic E-state index is -3.90. The number of carboxylic acid groups (broad SMARTS) is 1. The molecule has 2 N–H and O–H groups in total. The Labute approximate surface area is 126 Å². The summed E-state index contributed by atoms with van der Waals surface area (Å²) in [7, 11) is -3.90. The topological polar surface area (TPSA) is 96.4 Å². The van der Waals surface area contributed by atoms with Crippen molar-refractivity contribution in [3.8, 4) is 0 Å².